The summed E-state index contributed by atoms with van der Waals surface area (Å²) in [6.07, 6.45) is 12.2. The van der Waals surface area contributed by atoms with E-state index in [1.165, 1.54) is 44.9 Å². The summed E-state index contributed by atoms with van der Waals surface area (Å²) in [7, 11) is -3.85. The summed E-state index contributed by atoms with van der Waals surface area (Å²) >= 11 is 5.71. The molecule has 0 amide bonds. The van der Waals surface area contributed by atoms with E-state index in [1.807, 2.05) is 0 Å². The smallest absolute Gasteiger partial charge is 0.219 e. The lowest BCUT2D eigenvalue weighted by molar-refractivity contribution is 0.548. The number of halogens is 1. The number of hydrogen-bond acceptors (Lipinski definition) is 2. The number of rotatable bonds is 13. The molecule has 5 nitrogen and oxygen atoms in total. The maximum atomic E-state index is 11.3. The van der Waals surface area contributed by atoms with Crippen LogP contribution in [0.1, 0.15) is 77.6 Å². The highest BCUT2D eigenvalue weighted by Gasteiger charge is 2.20. The Hall–Kier alpha value is -0.450. The van der Waals surface area contributed by atoms with E-state index in [4.69, 9.17) is 17.1 Å². The Labute approximate surface area is 127 Å². The van der Waals surface area contributed by atoms with Crippen LogP contribution in [0.15, 0.2) is 4.52 Å². The third-order valence-electron chi connectivity index (χ3n) is 3.26. The number of unbranched alkanes of at least 4 members (excludes halogenated alkanes) is 9. The van der Waals surface area contributed by atoms with Crippen LogP contribution in [0.25, 0.3) is 10.4 Å². The summed E-state index contributed by atoms with van der Waals surface area (Å²) in [4.78, 5) is 2.28. The second-order valence-corrected chi connectivity index (χ2v) is 7.61. The Morgan fingerprint density at radius 3 is 1.90 bits per heavy atom. The zero-order valence-corrected chi connectivity index (χ0v) is 13.9. The van der Waals surface area contributed by atoms with Crippen molar-refractivity contribution in [3.8, 4) is 0 Å². The number of nitrogens with zero attached hydrogens (tertiary/aromatic N) is 3. The quantitative estimate of drug-likeness (QED) is 0.147. The molecule has 0 saturated heterocycles. The lowest BCUT2D eigenvalue weighted by Crippen LogP contribution is -2.11. The van der Waals surface area contributed by atoms with E-state index in [0.29, 0.717) is 6.42 Å². The highest BCUT2D eigenvalue weighted by atomic mass is 35.5. The first-order valence-electron chi connectivity index (χ1n) is 7.49. The Bertz CT molecular complexity index is 381. The van der Waals surface area contributed by atoms with E-state index in [0.717, 1.165) is 19.3 Å². The molecule has 0 spiro atoms. The van der Waals surface area contributed by atoms with Gasteiger partial charge in [0.2, 0.25) is 0 Å². The molecule has 0 radical (unpaired) electrons. The van der Waals surface area contributed by atoms with Gasteiger partial charge in [0.1, 0.15) is 4.71 Å². The normalized spacial score (nSPS) is 12.9. The second kappa shape index (κ2) is 12.3. The average molecular weight is 324 g/mol. The molecule has 0 aromatic carbocycles. The van der Waals surface area contributed by atoms with Crippen LogP contribution in [-0.2, 0) is 10.0 Å². The number of azide groups is 1. The van der Waals surface area contributed by atoms with E-state index >= 15 is 0 Å². The summed E-state index contributed by atoms with van der Waals surface area (Å²) in [5.41, 5.74) is 8.12. The molecule has 0 aliphatic carbocycles. The van der Waals surface area contributed by atoms with Crippen molar-refractivity contribution in [1.29, 1.82) is 0 Å². The first-order chi connectivity index (χ1) is 9.54. The summed E-state index contributed by atoms with van der Waals surface area (Å²) in [6.45, 7) is 2.21. The maximum absolute atomic E-state index is 11.3. The lowest BCUT2D eigenvalue weighted by Gasteiger charge is -2.06. The molecule has 1 atom stereocenters. The third-order valence-corrected chi connectivity index (χ3v) is 5.33. The minimum absolute atomic E-state index is 0.347. The SMILES string of the molecule is CCCCCCCCCCCCC(Cl)S(=O)(=O)N=[N+]=[N-]. The van der Waals surface area contributed by atoms with Crippen LogP contribution in [-0.4, -0.2) is 13.1 Å². The van der Waals surface area contributed by atoms with Gasteiger partial charge in [0.25, 0.3) is 10.0 Å². The van der Waals surface area contributed by atoms with Crippen LogP contribution in [0.3, 0.4) is 0 Å². The predicted octanol–water partition coefficient (Wildman–Crippen LogP) is 5.50. The largest absolute Gasteiger partial charge is 0.252 e. The molecule has 20 heavy (non-hydrogen) atoms. The fourth-order valence-corrected chi connectivity index (χ4v) is 2.97. The Kier molecular flexibility index (Phi) is 12.0. The van der Waals surface area contributed by atoms with Crippen LogP contribution in [0.2, 0.25) is 0 Å². The molecule has 7 heteroatoms. The van der Waals surface area contributed by atoms with Crippen molar-refractivity contribution in [2.75, 3.05) is 0 Å². The minimum Gasteiger partial charge on any atom is -0.219 e. The molecular formula is C13H26ClN3O2S. The van der Waals surface area contributed by atoms with Crippen molar-refractivity contribution in [3.63, 3.8) is 0 Å². The molecule has 0 aromatic heterocycles. The van der Waals surface area contributed by atoms with Gasteiger partial charge in [-0.15, -0.1) is 11.6 Å². The van der Waals surface area contributed by atoms with Gasteiger partial charge in [0, 0.05) is 9.43 Å². The first-order valence-corrected chi connectivity index (χ1v) is 9.42. The van der Waals surface area contributed by atoms with Gasteiger partial charge < -0.3 is 0 Å². The number of alkyl halides is 1. The molecule has 0 aromatic rings. The van der Waals surface area contributed by atoms with Gasteiger partial charge in [-0.05, 0) is 12.0 Å². The zero-order valence-electron chi connectivity index (χ0n) is 12.3. The van der Waals surface area contributed by atoms with Crippen LogP contribution in [0, 0.1) is 0 Å². The van der Waals surface area contributed by atoms with Gasteiger partial charge in [-0.3, -0.25) is 0 Å². The van der Waals surface area contributed by atoms with Crippen molar-refractivity contribution in [2.45, 2.75) is 82.3 Å². The molecule has 118 valence electrons. The fraction of sp³-hybridized carbons (Fsp3) is 1.00. The van der Waals surface area contributed by atoms with Crippen LogP contribution >= 0.6 is 11.6 Å². The molecule has 1 unspecified atom stereocenters. The standard InChI is InChI=1S/C13H26ClN3O2S/c1-2-3-4-5-6-7-8-9-10-11-12-13(14)20(18,19)17-16-15/h13H,2-12H2,1H3. The first kappa shape index (κ1) is 19.6. The van der Waals surface area contributed by atoms with Crippen LogP contribution in [0.5, 0.6) is 0 Å². The highest BCUT2D eigenvalue weighted by molar-refractivity contribution is 7.91. The van der Waals surface area contributed by atoms with Gasteiger partial charge in [-0.25, -0.2) is 8.42 Å². The molecule has 0 heterocycles. The average Bonchev–Trinajstić information content (AvgIpc) is 2.40. The molecule has 0 fully saturated rings. The lowest BCUT2D eigenvalue weighted by atomic mass is 10.1. The van der Waals surface area contributed by atoms with Crippen molar-refractivity contribution < 1.29 is 8.42 Å². The van der Waals surface area contributed by atoms with E-state index in [-0.39, 0.29) is 0 Å². The molecule has 0 saturated carbocycles. The highest BCUT2D eigenvalue weighted by Crippen LogP contribution is 2.18. The van der Waals surface area contributed by atoms with Gasteiger partial charge in [0.05, 0.1) is 0 Å². The minimum atomic E-state index is -3.85. The van der Waals surface area contributed by atoms with E-state index in [1.54, 1.807) is 0 Å². The van der Waals surface area contributed by atoms with Crippen molar-refractivity contribution in [2.24, 2.45) is 4.52 Å². The summed E-state index contributed by atoms with van der Waals surface area (Å²) < 4.78 is 24.2. The molecule has 0 bridgehead atoms. The maximum Gasteiger partial charge on any atom is 0.252 e. The van der Waals surface area contributed by atoms with E-state index in [2.05, 4.69) is 16.4 Å². The Morgan fingerprint density at radius 2 is 1.45 bits per heavy atom. The van der Waals surface area contributed by atoms with Crippen LogP contribution < -0.4 is 0 Å². The Balaban J connectivity index is 3.47. The van der Waals surface area contributed by atoms with Crippen molar-refractivity contribution in [1.82, 2.24) is 0 Å². The number of hydrogen-bond donors (Lipinski definition) is 0. The van der Waals surface area contributed by atoms with Crippen LogP contribution in [0.4, 0.5) is 0 Å². The van der Waals surface area contributed by atoms with Gasteiger partial charge in [-0.1, -0.05) is 71.1 Å². The van der Waals surface area contributed by atoms with Gasteiger partial charge >= 0.3 is 0 Å². The molecular weight excluding hydrogens is 298 g/mol. The number of sulfonamides is 1. The zero-order chi connectivity index (χ0) is 15.3. The fourth-order valence-electron chi connectivity index (χ4n) is 2.04. The Morgan fingerprint density at radius 1 is 1.00 bits per heavy atom. The predicted molar refractivity (Wildman–Crippen MR) is 84.2 cm³/mol. The van der Waals surface area contributed by atoms with Gasteiger partial charge in [-0.2, -0.15) is 0 Å². The molecule has 0 N–H and O–H groups in total. The topological polar surface area (TPSA) is 82.9 Å². The summed E-state index contributed by atoms with van der Waals surface area (Å²) in [5.74, 6) is 0. The molecule has 0 aliphatic rings. The van der Waals surface area contributed by atoms with Crippen molar-refractivity contribution >= 4 is 21.6 Å². The monoisotopic (exact) mass is 323 g/mol. The van der Waals surface area contributed by atoms with Crippen molar-refractivity contribution in [3.05, 3.63) is 10.4 Å². The summed E-state index contributed by atoms with van der Waals surface area (Å²) in [6, 6.07) is 0. The molecule has 0 rings (SSSR count). The van der Waals surface area contributed by atoms with E-state index in [9.17, 15) is 8.42 Å². The second-order valence-electron chi connectivity index (χ2n) is 5.07. The molecule has 0 aliphatic heterocycles. The van der Waals surface area contributed by atoms with E-state index < -0.39 is 14.7 Å². The van der Waals surface area contributed by atoms with Gasteiger partial charge in [0.15, 0.2) is 0 Å². The summed E-state index contributed by atoms with van der Waals surface area (Å²) in [5, 5.41) is 0. The third kappa shape index (κ3) is 10.4.